The molecule has 2 aromatic rings. The fraction of sp³-hybridized carbons (Fsp3) is 0.263. The topological polar surface area (TPSA) is 105 Å². The number of nitrogens with two attached hydrogens (primary N) is 1. The number of hydrogen-bond acceptors (Lipinski definition) is 5. The van der Waals surface area contributed by atoms with E-state index in [0.29, 0.717) is 0 Å². The summed E-state index contributed by atoms with van der Waals surface area (Å²) in [5.41, 5.74) is 4.47. The van der Waals surface area contributed by atoms with Crippen LogP contribution in [-0.4, -0.2) is 33.6 Å². The van der Waals surface area contributed by atoms with E-state index in [2.05, 4.69) is 15.4 Å². The van der Waals surface area contributed by atoms with Gasteiger partial charge < -0.3 is 4.90 Å². The summed E-state index contributed by atoms with van der Waals surface area (Å²) < 4.78 is 23.0. The molecule has 28 heavy (non-hydrogen) atoms. The number of primary sulfonamides is 1. The lowest BCUT2D eigenvalue weighted by Gasteiger charge is -2.28. The minimum atomic E-state index is -4.02. The number of hydrogen-bond donors (Lipinski definition) is 2. The highest BCUT2D eigenvalue weighted by atomic mass is 35.5. The van der Waals surface area contributed by atoms with Crippen molar-refractivity contribution in [3.05, 3.63) is 58.6 Å². The van der Waals surface area contributed by atoms with E-state index < -0.39 is 15.9 Å². The molecule has 1 fully saturated rings. The number of rotatable bonds is 5. The summed E-state index contributed by atoms with van der Waals surface area (Å²) in [7, 11) is -4.02. The van der Waals surface area contributed by atoms with Crippen molar-refractivity contribution in [2.45, 2.75) is 24.2 Å². The Balaban J connectivity index is 1.63. The second-order valence-corrected chi connectivity index (χ2v) is 8.47. The maximum absolute atomic E-state index is 12.2. The average Bonchev–Trinajstić information content (AvgIpc) is 2.68. The Morgan fingerprint density at radius 1 is 1.11 bits per heavy atom. The van der Waals surface area contributed by atoms with Gasteiger partial charge in [0.1, 0.15) is 4.90 Å². The van der Waals surface area contributed by atoms with Gasteiger partial charge >= 0.3 is 0 Å². The van der Waals surface area contributed by atoms with Crippen LogP contribution in [0.4, 0.5) is 5.69 Å². The van der Waals surface area contributed by atoms with Gasteiger partial charge in [-0.3, -0.25) is 4.79 Å². The van der Waals surface area contributed by atoms with Crippen LogP contribution < -0.4 is 15.5 Å². The van der Waals surface area contributed by atoms with Gasteiger partial charge in [-0.2, -0.15) is 5.10 Å². The third-order valence-corrected chi connectivity index (χ3v) is 5.89. The van der Waals surface area contributed by atoms with E-state index in [1.165, 1.54) is 43.3 Å². The Morgan fingerprint density at radius 3 is 2.43 bits per heavy atom. The van der Waals surface area contributed by atoms with Gasteiger partial charge in [0.25, 0.3) is 5.91 Å². The number of carbonyl (C=O) groups is 1. The summed E-state index contributed by atoms with van der Waals surface area (Å²) in [6, 6.07) is 11.8. The smallest absolute Gasteiger partial charge is 0.271 e. The molecule has 3 N–H and O–H groups in total. The number of nitrogens with one attached hydrogen (secondary N) is 1. The lowest BCUT2D eigenvalue weighted by molar-refractivity contribution is 0.0955. The van der Waals surface area contributed by atoms with Crippen LogP contribution in [0.2, 0.25) is 5.02 Å². The highest BCUT2D eigenvalue weighted by Crippen LogP contribution is 2.22. The van der Waals surface area contributed by atoms with Gasteiger partial charge in [0.15, 0.2) is 0 Å². The number of sulfonamides is 1. The number of piperidine rings is 1. The van der Waals surface area contributed by atoms with Crippen LogP contribution >= 0.6 is 11.6 Å². The molecule has 3 rings (SSSR count). The molecule has 1 saturated heterocycles. The number of halogens is 1. The quantitative estimate of drug-likeness (QED) is 0.573. The minimum absolute atomic E-state index is 0.0450. The van der Waals surface area contributed by atoms with Crippen LogP contribution in [0.25, 0.3) is 0 Å². The van der Waals surface area contributed by atoms with Crippen molar-refractivity contribution in [1.82, 2.24) is 5.43 Å². The van der Waals surface area contributed by atoms with Crippen molar-refractivity contribution < 1.29 is 13.2 Å². The molecule has 1 heterocycles. The largest absolute Gasteiger partial charge is 0.372 e. The minimum Gasteiger partial charge on any atom is -0.372 e. The highest BCUT2D eigenvalue weighted by molar-refractivity contribution is 7.89. The molecular formula is C19H21ClN4O3S. The van der Waals surface area contributed by atoms with Crippen LogP contribution in [0.1, 0.15) is 35.2 Å². The SMILES string of the molecule is NS(=O)(=O)c1cc(C(=O)N/N=C\c2ccc(N3CCCCC3)cc2)ccc1Cl. The van der Waals surface area contributed by atoms with E-state index in [9.17, 15) is 13.2 Å². The molecule has 0 bridgehead atoms. The number of carbonyl (C=O) groups excluding carboxylic acids is 1. The zero-order valence-corrected chi connectivity index (χ0v) is 16.7. The van der Waals surface area contributed by atoms with Crippen molar-refractivity contribution in [3.8, 4) is 0 Å². The van der Waals surface area contributed by atoms with Crippen molar-refractivity contribution in [1.29, 1.82) is 0 Å². The summed E-state index contributed by atoms with van der Waals surface area (Å²) in [5, 5.41) is 8.97. The lowest BCUT2D eigenvalue weighted by atomic mass is 10.1. The summed E-state index contributed by atoms with van der Waals surface area (Å²) in [6.45, 7) is 2.15. The van der Waals surface area contributed by atoms with Crippen molar-refractivity contribution in [2.24, 2.45) is 10.2 Å². The molecule has 1 amide bonds. The molecule has 0 aliphatic carbocycles. The molecule has 0 spiro atoms. The van der Waals surface area contributed by atoms with Gasteiger partial charge in [0.05, 0.1) is 11.2 Å². The number of anilines is 1. The van der Waals surface area contributed by atoms with E-state index in [0.717, 1.165) is 24.7 Å². The third kappa shape index (κ3) is 5.09. The molecule has 148 valence electrons. The molecule has 1 aliphatic heterocycles. The standard InChI is InChI=1S/C19H21ClN4O3S/c20-17-9-6-15(12-18(17)28(21,26)27)19(25)23-22-13-14-4-7-16(8-5-14)24-10-2-1-3-11-24/h4-9,12-13H,1-3,10-11H2,(H,23,25)(H2,21,26,27)/b22-13-. The molecule has 9 heteroatoms. The van der Waals surface area contributed by atoms with Crippen LogP contribution in [0.15, 0.2) is 52.5 Å². The van der Waals surface area contributed by atoms with Gasteiger partial charge in [0.2, 0.25) is 10.0 Å². The molecule has 0 saturated carbocycles. The molecule has 0 unspecified atom stereocenters. The first-order valence-corrected chi connectivity index (χ1v) is 10.8. The van der Waals surface area contributed by atoms with Crippen LogP contribution in [0.5, 0.6) is 0 Å². The van der Waals surface area contributed by atoms with E-state index in [4.69, 9.17) is 16.7 Å². The third-order valence-electron chi connectivity index (χ3n) is 4.49. The van der Waals surface area contributed by atoms with Gasteiger partial charge in [-0.25, -0.2) is 19.0 Å². The Morgan fingerprint density at radius 2 is 1.79 bits per heavy atom. The fourth-order valence-corrected chi connectivity index (χ4v) is 4.09. The zero-order valence-electron chi connectivity index (χ0n) is 15.1. The first-order chi connectivity index (χ1) is 13.3. The Labute approximate surface area is 169 Å². The zero-order chi connectivity index (χ0) is 20.1. The van der Waals surface area contributed by atoms with Crippen molar-refractivity contribution >= 4 is 39.4 Å². The molecule has 0 aromatic heterocycles. The second kappa shape index (κ2) is 8.72. The summed E-state index contributed by atoms with van der Waals surface area (Å²) in [4.78, 5) is 14.2. The molecule has 0 radical (unpaired) electrons. The fourth-order valence-electron chi connectivity index (χ4n) is 3.02. The normalized spacial score (nSPS) is 15.0. The van der Waals surface area contributed by atoms with Gasteiger partial charge in [-0.1, -0.05) is 23.7 Å². The maximum Gasteiger partial charge on any atom is 0.271 e. The Bertz CT molecular complexity index is 985. The Kier molecular flexibility index (Phi) is 6.33. The molecule has 7 nitrogen and oxygen atoms in total. The predicted octanol–water partition coefficient (Wildman–Crippen LogP) is 2.74. The number of benzene rings is 2. The van der Waals surface area contributed by atoms with Gasteiger partial charge in [-0.05, 0) is 55.2 Å². The highest BCUT2D eigenvalue weighted by Gasteiger charge is 2.16. The molecule has 1 aliphatic rings. The summed E-state index contributed by atoms with van der Waals surface area (Å²) in [6.07, 6.45) is 5.24. The van der Waals surface area contributed by atoms with E-state index >= 15 is 0 Å². The van der Waals surface area contributed by atoms with Crippen molar-refractivity contribution in [2.75, 3.05) is 18.0 Å². The van der Waals surface area contributed by atoms with Gasteiger partial charge in [-0.15, -0.1) is 0 Å². The maximum atomic E-state index is 12.2. The monoisotopic (exact) mass is 420 g/mol. The van der Waals surface area contributed by atoms with Crippen LogP contribution in [-0.2, 0) is 10.0 Å². The number of nitrogens with zero attached hydrogens (tertiary/aromatic N) is 2. The number of amides is 1. The first kappa shape index (κ1) is 20.3. The molecular weight excluding hydrogens is 400 g/mol. The van der Waals surface area contributed by atoms with E-state index in [1.807, 2.05) is 24.3 Å². The van der Waals surface area contributed by atoms with Crippen LogP contribution in [0.3, 0.4) is 0 Å². The predicted molar refractivity (Wildman–Crippen MR) is 110 cm³/mol. The molecule has 2 aromatic carbocycles. The average molecular weight is 421 g/mol. The number of hydrazone groups is 1. The lowest BCUT2D eigenvalue weighted by Crippen LogP contribution is -2.29. The second-order valence-electron chi connectivity index (χ2n) is 6.53. The summed E-state index contributed by atoms with van der Waals surface area (Å²) in [5.74, 6) is -0.567. The van der Waals surface area contributed by atoms with Crippen LogP contribution in [0, 0.1) is 0 Å². The first-order valence-electron chi connectivity index (χ1n) is 8.85. The summed E-state index contributed by atoms with van der Waals surface area (Å²) >= 11 is 5.81. The van der Waals surface area contributed by atoms with E-state index in [-0.39, 0.29) is 15.5 Å². The van der Waals surface area contributed by atoms with E-state index in [1.54, 1.807) is 0 Å². The van der Waals surface area contributed by atoms with Crippen molar-refractivity contribution in [3.63, 3.8) is 0 Å². The Hall–Kier alpha value is -2.42. The molecule has 0 atom stereocenters. The van der Waals surface area contributed by atoms with Gasteiger partial charge in [0, 0.05) is 24.3 Å².